The van der Waals surface area contributed by atoms with Crippen LogP contribution in [0.3, 0.4) is 0 Å². The molecule has 7 heteroatoms. The van der Waals surface area contributed by atoms with E-state index < -0.39 is 6.04 Å². The van der Waals surface area contributed by atoms with Crippen LogP contribution in [0.4, 0.5) is 0 Å². The van der Waals surface area contributed by atoms with Crippen molar-refractivity contribution in [2.75, 3.05) is 26.7 Å². The number of ether oxygens (including phenoxy) is 1. The van der Waals surface area contributed by atoms with Crippen LogP contribution in [0.25, 0.3) is 0 Å². The number of amides is 2. The molecule has 1 heterocycles. The molecule has 0 unspecified atom stereocenters. The standard InChI is InChI=1S/C20H26N4O3/c1-15(24-11-4-9-22-24)20(26)23(2)14-19(25)21-10-12-27-18-8-7-16-5-3-6-17(16)13-18/h4,7-9,11,13,15H,3,5-6,10,12,14H2,1-2H3,(H,21,25)/t15-/m1/s1. The Hall–Kier alpha value is -2.83. The number of aryl methyl sites for hydroxylation is 2. The third-order valence-electron chi connectivity index (χ3n) is 4.80. The summed E-state index contributed by atoms with van der Waals surface area (Å²) in [6.07, 6.45) is 6.82. The Balaban J connectivity index is 1.37. The van der Waals surface area contributed by atoms with Gasteiger partial charge in [-0.15, -0.1) is 0 Å². The van der Waals surface area contributed by atoms with Crippen molar-refractivity contribution in [2.45, 2.75) is 32.2 Å². The first kappa shape index (κ1) is 18.9. The highest BCUT2D eigenvalue weighted by molar-refractivity contribution is 5.86. The molecule has 1 atom stereocenters. The average molecular weight is 370 g/mol. The fourth-order valence-electron chi connectivity index (χ4n) is 3.29. The van der Waals surface area contributed by atoms with Crippen molar-refractivity contribution in [3.8, 4) is 5.75 Å². The highest BCUT2D eigenvalue weighted by Gasteiger charge is 2.21. The lowest BCUT2D eigenvalue weighted by molar-refractivity contribution is -0.137. The van der Waals surface area contributed by atoms with E-state index in [1.807, 2.05) is 6.07 Å². The molecule has 0 spiro atoms. The Labute approximate surface area is 159 Å². The lowest BCUT2D eigenvalue weighted by Gasteiger charge is -2.21. The predicted molar refractivity (Wildman–Crippen MR) is 102 cm³/mol. The average Bonchev–Trinajstić information content (AvgIpc) is 3.35. The van der Waals surface area contributed by atoms with Gasteiger partial charge in [-0.05, 0) is 55.5 Å². The van der Waals surface area contributed by atoms with Gasteiger partial charge in [0.05, 0.1) is 13.1 Å². The monoisotopic (exact) mass is 370 g/mol. The molecule has 7 nitrogen and oxygen atoms in total. The van der Waals surface area contributed by atoms with Crippen molar-refractivity contribution in [3.63, 3.8) is 0 Å². The summed E-state index contributed by atoms with van der Waals surface area (Å²) in [5.74, 6) is 0.463. The lowest BCUT2D eigenvalue weighted by atomic mass is 10.1. The largest absolute Gasteiger partial charge is 0.492 e. The van der Waals surface area contributed by atoms with E-state index in [0.29, 0.717) is 13.2 Å². The molecule has 0 bridgehead atoms. The summed E-state index contributed by atoms with van der Waals surface area (Å²) in [5.41, 5.74) is 2.77. The number of carbonyl (C=O) groups is 2. The van der Waals surface area contributed by atoms with E-state index in [9.17, 15) is 9.59 Å². The number of fused-ring (bicyclic) bond motifs is 1. The molecule has 1 aromatic heterocycles. The van der Waals surface area contributed by atoms with Gasteiger partial charge < -0.3 is 15.0 Å². The molecule has 144 valence electrons. The zero-order valence-electron chi connectivity index (χ0n) is 15.9. The molecule has 0 aliphatic heterocycles. The van der Waals surface area contributed by atoms with Crippen LogP contribution in [-0.4, -0.2) is 53.2 Å². The van der Waals surface area contributed by atoms with Gasteiger partial charge in [-0.1, -0.05) is 6.07 Å². The van der Waals surface area contributed by atoms with Crippen LogP contribution >= 0.6 is 0 Å². The van der Waals surface area contributed by atoms with Crippen LogP contribution in [-0.2, 0) is 22.4 Å². The second kappa shape index (κ2) is 8.70. The van der Waals surface area contributed by atoms with Crippen molar-refractivity contribution in [2.24, 2.45) is 0 Å². The minimum Gasteiger partial charge on any atom is -0.492 e. The van der Waals surface area contributed by atoms with Crippen LogP contribution in [0.1, 0.15) is 30.5 Å². The number of benzene rings is 1. The summed E-state index contributed by atoms with van der Waals surface area (Å²) >= 11 is 0. The van der Waals surface area contributed by atoms with E-state index in [1.165, 1.54) is 22.4 Å². The SMILES string of the molecule is C[C@H](C(=O)N(C)CC(=O)NCCOc1ccc2c(c1)CCC2)n1cccn1. The quantitative estimate of drug-likeness (QED) is 0.716. The Morgan fingerprint density at radius 1 is 1.33 bits per heavy atom. The predicted octanol–water partition coefficient (Wildman–Crippen LogP) is 1.59. The Bertz CT molecular complexity index is 789. The number of nitrogens with one attached hydrogen (secondary N) is 1. The smallest absolute Gasteiger partial charge is 0.247 e. The summed E-state index contributed by atoms with van der Waals surface area (Å²) in [6.45, 7) is 2.55. The molecule has 1 aliphatic rings. The summed E-state index contributed by atoms with van der Waals surface area (Å²) in [6, 6.07) is 7.51. The molecule has 3 rings (SSSR count). The first-order valence-electron chi connectivity index (χ1n) is 9.30. The van der Waals surface area contributed by atoms with E-state index in [0.717, 1.165) is 18.6 Å². The summed E-state index contributed by atoms with van der Waals surface area (Å²) in [4.78, 5) is 25.8. The number of nitrogens with zero attached hydrogens (tertiary/aromatic N) is 3. The first-order valence-corrected chi connectivity index (χ1v) is 9.30. The molecular formula is C20H26N4O3. The highest BCUT2D eigenvalue weighted by Crippen LogP contribution is 2.25. The molecule has 1 N–H and O–H groups in total. The van der Waals surface area contributed by atoms with Gasteiger partial charge in [-0.2, -0.15) is 5.10 Å². The summed E-state index contributed by atoms with van der Waals surface area (Å²) in [5, 5.41) is 6.85. The van der Waals surface area contributed by atoms with Gasteiger partial charge in [0.25, 0.3) is 0 Å². The molecule has 1 aliphatic carbocycles. The number of likely N-dealkylation sites (N-methyl/N-ethyl adjacent to an activating group) is 1. The van der Waals surface area contributed by atoms with E-state index in [4.69, 9.17) is 4.74 Å². The molecule has 2 amide bonds. The number of aromatic nitrogens is 2. The van der Waals surface area contributed by atoms with Crippen LogP contribution in [0.15, 0.2) is 36.7 Å². The minimum absolute atomic E-state index is 0.00326. The molecular weight excluding hydrogens is 344 g/mol. The van der Waals surface area contributed by atoms with Crippen LogP contribution in [0.2, 0.25) is 0 Å². The van der Waals surface area contributed by atoms with Crippen molar-refractivity contribution >= 4 is 11.8 Å². The van der Waals surface area contributed by atoms with Gasteiger partial charge in [0.2, 0.25) is 11.8 Å². The van der Waals surface area contributed by atoms with Crippen LogP contribution in [0, 0.1) is 0 Å². The molecule has 0 radical (unpaired) electrons. The minimum atomic E-state index is -0.444. The second-order valence-corrected chi connectivity index (χ2v) is 6.84. The summed E-state index contributed by atoms with van der Waals surface area (Å²) in [7, 11) is 1.61. The van der Waals surface area contributed by atoms with E-state index >= 15 is 0 Å². The van der Waals surface area contributed by atoms with Crippen molar-refractivity contribution in [1.82, 2.24) is 20.0 Å². The molecule has 27 heavy (non-hydrogen) atoms. The Morgan fingerprint density at radius 2 is 2.15 bits per heavy atom. The van der Waals surface area contributed by atoms with Crippen LogP contribution in [0.5, 0.6) is 5.75 Å². The summed E-state index contributed by atoms with van der Waals surface area (Å²) < 4.78 is 7.29. The number of hydrogen-bond donors (Lipinski definition) is 1. The first-order chi connectivity index (χ1) is 13.0. The zero-order chi connectivity index (χ0) is 19.2. The third-order valence-corrected chi connectivity index (χ3v) is 4.80. The van der Waals surface area contributed by atoms with Gasteiger partial charge in [-0.25, -0.2) is 0 Å². The van der Waals surface area contributed by atoms with E-state index in [1.54, 1.807) is 37.1 Å². The van der Waals surface area contributed by atoms with Crippen LogP contribution < -0.4 is 10.1 Å². The maximum Gasteiger partial charge on any atom is 0.247 e. The van der Waals surface area contributed by atoms with E-state index in [2.05, 4.69) is 22.5 Å². The maximum atomic E-state index is 12.3. The molecule has 0 fully saturated rings. The number of carbonyl (C=O) groups excluding carboxylic acids is 2. The van der Waals surface area contributed by atoms with Crippen molar-refractivity contribution in [1.29, 1.82) is 0 Å². The van der Waals surface area contributed by atoms with Gasteiger partial charge in [0, 0.05) is 19.4 Å². The lowest BCUT2D eigenvalue weighted by Crippen LogP contribution is -2.42. The highest BCUT2D eigenvalue weighted by atomic mass is 16.5. The molecule has 0 saturated carbocycles. The number of rotatable bonds is 8. The van der Waals surface area contributed by atoms with Gasteiger partial charge >= 0.3 is 0 Å². The van der Waals surface area contributed by atoms with Gasteiger partial charge in [0.15, 0.2) is 0 Å². The fourth-order valence-corrected chi connectivity index (χ4v) is 3.29. The van der Waals surface area contributed by atoms with Crippen molar-refractivity contribution < 1.29 is 14.3 Å². The zero-order valence-corrected chi connectivity index (χ0v) is 15.9. The topological polar surface area (TPSA) is 76.5 Å². The third kappa shape index (κ3) is 4.87. The Kier molecular flexibility index (Phi) is 6.11. The van der Waals surface area contributed by atoms with Crippen molar-refractivity contribution in [3.05, 3.63) is 47.8 Å². The Morgan fingerprint density at radius 3 is 2.93 bits per heavy atom. The normalized spacial score (nSPS) is 13.7. The fraction of sp³-hybridized carbons (Fsp3) is 0.450. The maximum absolute atomic E-state index is 12.3. The molecule has 2 aromatic rings. The number of hydrogen-bond acceptors (Lipinski definition) is 4. The second-order valence-electron chi connectivity index (χ2n) is 6.84. The molecule has 1 aromatic carbocycles. The van der Waals surface area contributed by atoms with E-state index in [-0.39, 0.29) is 18.4 Å². The van der Waals surface area contributed by atoms with Gasteiger partial charge in [-0.3, -0.25) is 14.3 Å². The molecule has 0 saturated heterocycles. The van der Waals surface area contributed by atoms with Gasteiger partial charge in [0.1, 0.15) is 18.4 Å².